The van der Waals surface area contributed by atoms with Crippen LogP contribution in [0.1, 0.15) is 31.0 Å². The zero-order valence-corrected chi connectivity index (χ0v) is 23.6. The number of fused-ring (bicyclic) bond motifs is 2. The van der Waals surface area contributed by atoms with E-state index >= 15 is 0 Å². The molecule has 2 amide bonds. The number of aryl methyl sites for hydroxylation is 1. The van der Waals surface area contributed by atoms with Crippen LogP contribution in [0.4, 0.5) is 5.69 Å². The number of aromatic nitrogens is 1. The molecular formula is C30H33N3O6S. The predicted octanol–water partition coefficient (Wildman–Crippen LogP) is 4.09. The number of carbonyl (C=O) groups is 3. The topological polar surface area (TPSA) is 134 Å². The zero-order valence-electron chi connectivity index (χ0n) is 22.7. The Balaban J connectivity index is 1.53. The quantitative estimate of drug-likeness (QED) is 0.238. The number of aromatic amines is 1. The Kier molecular flexibility index (Phi) is 8.89. The van der Waals surface area contributed by atoms with Crippen molar-refractivity contribution in [3.8, 4) is 5.75 Å². The van der Waals surface area contributed by atoms with Crippen LogP contribution in [0, 0.1) is 6.92 Å². The van der Waals surface area contributed by atoms with Gasteiger partial charge in [0.2, 0.25) is 11.8 Å². The van der Waals surface area contributed by atoms with Crippen molar-refractivity contribution in [3.63, 3.8) is 0 Å². The van der Waals surface area contributed by atoms with Gasteiger partial charge in [0.05, 0.1) is 25.0 Å². The van der Waals surface area contributed by atoms with Gasteiger partial charge in [0, 0.05) is 28.7 Å². The molecule has 10 heteroatoms. The standard InChI is InChI=1S/C30H33N3O6S/c1-19(34)12-14-40(37,38)15-13-28(30(36)32-23-9-8-21-6-4-5-7-22(21)16-23)33-29(35)18-25-20(2)31-27-11-10-24(39-3)17-26(25)27/h4-11,16-17,28,31H,12-15,18H2,1-3H3,(H,32,36)(H,33,35)/t28-/m0/s1. The number of ether oxygens (including phenoxy) is 1. The molecule has 1 atom stereocenters. The van der Waals surface area contributed by atoms with Crippen LogP contribution in [-0.2, 0) is 30.6 Å². The Labute approximate surface area is 233 Å². The zero-order chi connectivity index (χ0) is 28.9. The second-order valence-corrected chi connectivity index (χ2v) is 12.2. The van der Waals surface area contributed by atoms with Crippen LogP contribution in [0.5, 0.6) is 5.75 Å². The lowest BCUT2D eigenvalue weighted by Crippen LogP contribution is -2.45. The second-order valence-electron chi connectivity index (χ2n) is 9.88. The van der Waals surface area contributed by atoms with Gasteiger partial charge < -0.3 is 20.4 Å². The molecule has 0 fully saturated rings. The number of ketones is 1. The minimum absolute atomic E-state index is 0.0180. The number of nitrogens with one attached hydrogen (secondary N) is 3. The summed E-state index contributed by atoms with van der Waals surface area (Å²) in [5.41, 5.74) is 2.95. The first-order valence-electron chi connectivity index (χ1n) is 13.0. The van der Waals surface area contributed by atoms with Gasteiger partial charge in [0.15, 0.2) is 9.84 Å². The van der Waals surface area contributed by atoms with Gasteiger partial charge in [-0.05, 0) is 66.9 Å². The highest BCUT2D eigenvalue weighted by atomic mass is 32.2. The van der Waals surface area contributed by atoms with Crippen molar-refractivity contribution >= 4 is 54.8 Å². The van der Waals surface area contributed by atoms with E-state index in [1.165, 1.54) is 6.92 Å². The summed E-state index contributed by atoms with van der Waals surface area (Å²) in [7, 11) is -2.04. The molecule has 4 rings (SSSR count). The van der Waals surface area contributed by atoms with Crippen LogP contribution >= 0.6 is 0 Å². The highest BCUT2D eigenvalue weighted by Crippen LogP contribution is 2.27. The molecule has 0 aliphatic rings. The van der Waals surface area contributed by atoms with E-state index in [0.717, 1.165) is 32.9 Å². The number of carbonyl (C=O) groups excluding carboxylic acids is 3. The number of anilines is 1. The average Bonchev–Trinajstić information content (AvgIpc) is 3.23. The summed E-state index contributed by atoms with van der Waals surface area (Å²) < 4.78 is 30.4. The lowest BCUT2D eigenvalue weighted by molar-refractivity contribution is -0.126. The molecule has 0 aliphatic carbocycles. The van der Waals surface area contributed by atoms with Crippen molar-refractivity contribution in [3.05, 3.63) is 71.9 Å². The molecule has 0 radical (unpaired) electrons. The SMILES string of the molecule is COc1ccc2[nH]c(C)c(CC(=O)N[C@@H](CCS(=O)(=O)CCC(C)=O)C(=O)Nc3ccc4ccccc4c3)c2c1. The van der Waals surface area contributed by atoms with Crippen molar-refractivity contribution in [1.29, 1.82) is 0 Å². The lowest BCUT2D eigenvalue weighted by atomic mass is 10.1. The van der Waals surface area contributed by atoms with Crippen LogP contribution in [0.15, 0.2) is 60.7 Å². The monoisotopic (exact) mass is 563 g/mol. The fraction of sp³-hybridized carbons (Fsp3) is 0.300. The first kappa shape index (κ1) is 28.8. The molecule has 4 aromatic rings. The lowest BCUT2D eigenvalue weighted by Gasteiger charge is -2.19. The molecule has 0 saturated heterocycles. The van der Waals surface area contributed by atoms with Gasteiger partial charge in [0.1, 0.15) is 17.6 Å². The molecule has 0 saturated carbocycles. The molecule has 1 heterocycles. The van der Waals surface area contributed by atoms with Gasteiger partial charge in [-0.2, -0.15) is 0 Å². The van der Waals surface area contributed by atoms with Crippen LogP contribution in [0.2, 0.25) is 0 Å². The molecule has 3 N–H and O–H groups in total. The van der Waals surface area contributed by atoms with E-state index in [1.807, 2.05) is 61.5 Å². The average molecular weight is 564 g/mol. The first-order valence-corrected chi connectivity index (χ1v) is 14.8. The van der Waals surface area contributed by atoms with Gasteiger partial charge in [0.25, 0.3) is 0 Å². The number of benzene rings is 3. The van der Waals surface area contributed by atoms with Crippen molar-refractivity contribution in [2.75, 3.05) is 23.9 Å². The summed E-state index contributed by atoms with van der Waals surface area (Å²) in [6, 6.07) is 17.6. The number of methoxy groups -OCH3 is 1. The van der Waals surface area contributed by atoms with E-state index < -0.39 is 27.7 Å². The number of H-pyrrole nitrogens is 1. The van der Waals surface area contributed by atoms with E-state index in [0.29, 0.717) is 11.4 Å². The summed E-state index contributed by atoms with van der Waals surface area (Å²) >= 11 is 0. The van der Waals surface area contributed by atoms with Crippen molar-refractivity contribution in [1.82, 2.24) is 10.3 Å². The van der Waals surface area contributed by atoms with Crippen LogP contribution < -0.4 is 15.4 Å². The number of Topliss-reactive ketones (excluding diaryl/α,β-unsaturated/α-hetero) is 1. The summed E-state index contributed by atoms with van der Waals surface area (Å²) in [6.07, 6.45) is -0.242. The van der Waals surface area contributed by atoms with Crippen LogP contribution in [0.25, 0.3) is 21.7 Å². The number of amides is 2. The normalized spacial score (nSPS) is 12.3. The van der Waals surface area contributed by atoms with Crippen molar-refractivity contribution in [2.24, 2.45) is 0 Å². The molecule has 0 spiro atoms. The Hall–Kier alpha value is -4.18. The molecular weight excluding hydrogens is 530 g/mol. The van der Waals surface area contributed by atoms with Gasteiger partial charge in [-0.25, -0.2) is 8.42 Å². The highest BCUT2D eigenvalue weighted by molar-refractivity contribution is 7.91. The van der Waals surface area contributed by atoms with Crippen LogP contribution in [-0.4, -0.2) is 55.7 Å². The Morgan fingerprint density at radius 3 is 2.45 bits per heavy atom. The number of hydrogen-bond acceptors (Lipinski definition) is 6. The van der Waals surface area contributed by atoms with E-state index in [2.05, 4.69) is 15.6 Å². The summed E-state index contributed by atoms with van der Waals surface area (Å²) in [6.45, 7) is 3.19. The Bertz CT molecular complexity index is 1680. The molecule has 0 aliphatic heterocycles. The van der Waals surface area contributed by atoms with Gasteiger partial charge in [-0.15, -0.1) is 0 Å². The van der Waals surface area contributed by atoms with E-state index in [9.17, 15) is 22.8 Å². The first-order chi connectivity index (χ1) is 19.0. The predicted molar refractivity (Wildman–Crippen MR) is 156 cm³/mol. The Morgan fingerprint density at radius 1 is 0.975 bits per heavy atom. The maximum absolute atomic E-state index is 13.3. The fourth-order valence-electron chi connectivity index (χ4n) is 4.59. The smallest absolute Gasteiger partial charge is 0.246 e. The van der Waals surface area contributed by atoms with Gasteiger partial charge in [-0.1, -0.05) is 30.3 Å². The molecule has 40 heavy (non-hydrogen) atoms. The molecule has 3 aromatic carbocycles. The Morgan fingerprint density at radius 2 is 1.73 bits per heavy atom. The fourth-order valence-corrected chi connectivity index (χ4v) is 5.98. The number of rotatable bonds is 12. The summed E-state index contributed by atoms with van der Waals surface area (Å²) in [5, 5.41) is 8.32. The maximum Gasteiger partial charge on any atom is 0.246 e. The third-order valence-electron chi connectivity index (χ3n) is 6.82. The van der Waals surface area contributed by atoms with E-state index in [1.54, 1.807) is 13.2 Å². The van der Waals surface area contributed by atoms with Crippen molar-refractivity contribution < 1.29 is 27.5 Å². The third kappa shape index (κ3) is 7.26. The largest absolute Gasteiger partial charge is 0.497 e. The third-order valence-corrected chi connectivity index (χ3v) is 8.50. The molecule has 0 unspecified atom stereocenters. The number of hydrogen-bond donors (Lipinski definition) is 3. The molecule has 210 valence electrons. The van der Waals surface area contributed by atoms with E-state index in [4.69, 9.17) is 4.74 Å². The molecule has 9 nitrogen and oxygen atoms in total. The minimum Gasteiger partial charge on any atom is -0.497 e. The van der Waals surface area contributed by atoms with Gasteiger partial charge in [-0.3, -0.25) is 14.4 Å². The maximum atomic E-state index is 13.3. The van der Waals surface area contributed by atoms with Gasteiger partial charge >= 0.3 is 0 Å². The van der Waals surface area contributed by atoms with Crippen molar-refractivity contribution in [2.45, 2.75) is 39.2 Å². The summed E-state index contributed by atoms with van der Waals surface area (Å²) in [5.74, 6) is -1.18. The molecule has 1 aromatic heterocycles. The second kappa shape index (κ2) is 12.3. The highest BCUT2D eigenvalue weighted by Gasteiger charge is 2.25. The number of sulfone groups is 1. The summed E-state index contributed by atoms with van der Waals surface area (Å²) in [4.78, 5) is 41.1. The minimum atomic E-state index is -3.61. The van der Waals surface area contributed by atoms with E-state index in [-0.39, 0.29) is 36.6 Å². The molecule has 0 bridgehead atoms. The van der Waals surface area contributed by atoms with Crippen LogP contribution in [0.3, 0.4) is 0 Å².